The van der Waals surface area contributed by atoms with Crippen LogP contribution in [0, 0.1) is 6.92 Å². The van der Waals surface area contributed by atoms with Gasteiger partial charge in [0.05, 0.1) is 10.4 Å². The van der Waals surface area contributed by atoms with E-state index in [0.717, 1.165) is 10.4 Å². The maximum Gasteiger partial charge on any atom is 0.335 e. The molecule has 0 saturated carbocycles. The Labute approximate surface area is 118 Å². The van der Waals surface area contributed by atoms with Crippen molar-refractivity contribution in [3.8, 4) is 22.2 Å². The van der Waals surface area contributed by atoms with E-state index >= 15 is 0 Å². The van der Waals surface area contributed by atoms with E-state index in [2.05, 4.69) is 10.1 Å². The van der Waals surface area contributed by atoms with E-state index in [1.54, 1.807) is 23.5 Å². The van der Waals surface area contributed by atoms with Gasteiger partial charge in [-0.15, -0.1) is 11.3 Å². The number of carboxylic acid groups (broad SMARTS) is 1. The number of nitrogens with zero attached hydrogens (tertiary/aromatic N) is 2. The lowest BCUT2D eigenvalue weighted by atomic mass is 10.1. The van der Waals surface area contributed by atoms with Crippen LogP contribution < -0.4 is 0 Å². The first kappa shape index (κ1) is 12.6. The molecule has 0 aliphatic heterocycles. The van der Waals surface area contributed by atoms with E-state index in [0.29, 0.717) is 11.7 Å². The molecule has 3 aromatic rings. The molecule has 5 nitrogen and oxygen atoms in total. The molecule has 20 heavy (non-hydrogen) atoms. The van der Waals surface area contributed by atoms with Crippen LogP contribution in [-0.4, -0.2) is 21.2 Å². The molecule has 0 amide bonds. The number of benzene rings is 1. The fourth-order valence-electron chi connectivity index (χ4n) is 1.75. The van der Waals surface area contributed by atoms with Gasteiger partial charge in [-0.05, 0) is 31.2 Å². The summed E-state index contributed by atoms with van der Waals surface area (Å²) < 4.78 is 5.23. The van der Waals surface area contributed by atoms with Crippen LogP contribution >= 0.6 is 11.3 Å². The SMILES string of the molecule is Cc1ccc(-c2nc(-c3ccc(C(=O)O)cc3)no2)s1. The molecule has 0 aliphatic carbocycles. The summed E-state index contributed by atoms with van der Waals surface area (Å²) >= 11 is 1.58. The number of thiophene rings is 1. The first-order chi connectivity index (χ1) is 9.63. The summed E-state index contributed by atoms with van der Waals surface area (Å²) in [6.07, 6.45) is 0. The predicted octanol–water partition coefficient (Wildman–Crippen LogP) is 3.47. The zero-order valence-corrected chi connectivity index (χ0v) is 11.3. The van der Waals surface area contributed by atoms with Gasteiger partial charge >= 0.3 is 5.97 Å². The van der Waals surface area contributed by atoms with Gasteiger partial charge < -0.3 is 9.63 Å². The van der Waals surface area contributed by atoms with Crippen LogP contribution in [0.25, 0.3) is 22.2 Å². The van der Waals surface area contributed by atoms with Crippen LogP contribution in [-0.2, 0) is 0 Å². The van der Waals surface area contributed by atoms with Crippen LogP contribution in [0.5, 0.6) is 0 Å². The second-order valence-corrected chi connectivity index (χ2v) is 5.50. The molecular formula is C14H10N2O3S. The van der Waals surface area contributed by atoms with E-state index in [1.807, 2.05) is 19.1 Å². The average molecular weight is 286 g/mol. The minimum atomic E-state index is -0.959. The third-order valence-electron chi connectivity index (χ3n) is 2.77. The van der Waals surface area contributed by atoms with E-state index < -0.39 is 5.97 Å². The Balaban J connectivity index is 1.91. The maximum absolute atomic E-state index is 10.8. The Morgan fingerprint density at radius 2 is 1.95 bits per heavy atom. The van der Waals surface area contributed by atoms with Crippen molar-refractivity contribution in [2.24, 2.45) is 0 Å². The minimum Gasteiger partial charge on any atom is -0.478 e. The molecule has 6 heteroatoms. The topological polar surface area (TPSA) is 76.2 Å². The summed E-state index contributed by atoms with van der Waals surface area (Å²) in [5, 5.41) is 12.8. The van der Waals surface area contributed by atoms with Gasteiger partial charge in [-0.2, -0.15) is 4.98 Å². The van der Waals surface area contributed by atoms with Crippen molar-refractivity contribution in [3.05, 3.63) is 46.8 Å². The molecule has 0 radical (unpaired) electrons. The van der Waals surface area contributed by atoms with E-state index in [-0.39, 0.29) is 5.56 Å². The largest absolute Gasteiger partial charge is 0.478 e. The fraction of sp³-hybridized carbons (Fsp3) is 0.0714. The van der Waals surface area contributed by atoms with Gasteiger partial charge in [-0.25, -0.2) is 4.79 Å². The Kier molecular flexibility index (Phi) is 3.08. The quantitative estimate of drug-likeness (QED) is 0.797. The summed E-state index contributed by atoms with van der Waals surface area (Å²) in [5.41, 5.74) is 0.949. The number of hydrogen-bond donors (Lipinski definition) is 1. The van der Waals surface area contributed by atoms with Gasteiger partial charge in [0.2, 0.25) is 5.82 Å². The van der Waals surface area contributed by atoms with Crippen molar-refractivity contribution in [1.29, 1.82) is 0 Å². The van der Waals surface area contributed by atoms with Crippen LogP contribution in [0.15, 0.2) is 40.9 Å². The molecule has 1 N–H and O–H groups in total. The van der Waals surface area contributed by atoms with Crippen LogP contribution in [0.3, 0.4) is 0 Å². The van der Waals surface area contributed by atoms with Crippen molar-refractivity contribution in [2.75, 3.05) is 0 Å². The monoisotopic (exact) mass is 286 g/mol. The molecule has 2 heterocycles. The number of aromatic nitrogens is 2. The van der Waals surface area contributed by atoms with E-state index in [9.17, 15) is 4.79 Å². The second-order valence-electron chi connectivity index (χ2n) is 4.22. The van der Waals surface area contributed by atoms with Crippen LogP contribution in [0.2, 0.25) is 0 Å². The van der Waals surface area contributed by atoms with Gasteiger partial charge in [-0.3, -0.25) is 0 Å². The Bertz CT molecular complexity index is 759. The number of carboxylic acids is 1. The van der Waals surface area contributed by atoms with E-state index in [1.165, 1.54) is 17.0 Å². The molecular weight excluding hydrogens is 276 g/mol. The molecule has 3 rings (SSSR count). The average Bonchev–Trinajstić information content (AvgIpc) is 3.07. The molecule has 0 unspecified atom stereocenters. The van der Waals surface area contributed by atoms with Crippen molar-refractivity contribution in [3.63, 3.8) is 0 Å². The van der Waals surface area contributed by atoms with Gasteiger partial charge in [-0.1, -0.05) is 17.3 Å². The molecule has 1 aromatic carbocycles. The molecule has 2 aromatic heterocycles. The van der Waals surface area contributed by atoms with Crippen LogP contribution in [0.1, 0.15) is 15.2 Å². The smallest absolute Gasteiger partial charge is 0.335 e. The van der Waals surface area contributed by atoms with Gasteiger partial charge in [0.1, 0.15) is 0 Å². The molecule has 0 fully saturated rings. The third kappa shape index (κ3) is 2.33. The summed E-state index contributed by atoms with van der Waals surface area (Å²) in [6, 6.07) is 10.3. The van der Waals surface area contributed by atoms with Crippen molar-refractivity contribution in [1.82, 2.24) is 10.1 Å². The van der Waals surface area contributed by atoms with Gasteiger partial charge in [0.25, 0.3) is 5.89 Å². The predicted molar refractivity (Wildman–Crippen MR) is 74.7 cm³/mol. The first-order valence-electron chi connectivity index (χ1n) is 5.88. The number of rotatable bonds is 3. The number of carbonyl (C=O) groups is 1. The number of aryl methyl sites for hydroxylation is 1. The van der Waals surface area contributed by atoms with Crippen molar-refractivity contribution >= 4 is 17.3 Å². The summed E-state index contributed by atoms with van der Waals surface area (Å²) in [7, 11) is 0. The number of aromatic carboxylic acids is 1. The maximum atomic E-state index is 10.8. The van der Waals surface area contributed by atoms with Gasteiger partial charge in [0.15, 0.2) is 0 Å². The van der Waals surface area contributed by atoms with E-state index in [4.69, 9.17) is 9.63 Å². The molecule has 0 saturated heterocycles. The van der Waals surface area contributed by atoms with Gasteiger partial charge in [0, 0.05) is 10.4 Å². The zero-order valence-electron chi connectivity index (χ0n) is 10.5. The highest BCUT2D eigenvalue weighted by Crippen LogP contribution is 2.28. The number of hydrogen-bond acceptors (Lipinski definition) is 5. The summed E-state index contributed by atoms with van der Waals surface area (Å²) in [4.78, 5) is 17.2. The Morgan fingerprint density at radius 3 is 2.55 bits per heavy atom. The highest BCUT2D eigenvalue weighted by Gasteiger charge is 2.12. The highest BCUT2D eigenvalue weighted by atomic mass is 32.1. The Hall–Kier alpha value is -2.47. The molecule has 0 spiro atoms. The summed E-state index contributed by atoms with van der Waals surface area (Å²) in [6.45, 7) is 2.01. The molecule has 0 aliphatic rings. The first-order valence-corrected chi connectivity index (χ1v) is 6.69. The lowest BCUT2D eigenvalue weighted by molar-refractivity contribution is 0.0697. The lowest BCUT2D eigenvalue weighted by Gasteiger charge is -1.95. The molecule has 100 valence electrons. The Morgan fingerprint density at radius 1 is 1.20 bits per heavy atom. The third-order valence-corrected chi connectivity index (χ3v) is 3.76. The van der Waals surface area contributed by atoms with Crippen LogP contribution in [0.4, 0.5) is 0 Å². The fourth-order valence-corrected chi connectivity index (χ4v) is 2.54. The lowest BCUT2D eigenvalue weighted by Crippen LogP contribution is -1.95. The van der Waals surface area contributed by atoms with Crippen molar-refractivity contribution < 1.29 is 14.4 Å². The normalized spacial score (nSPS) is 10.7. The minimum absolute atomic E-state index is 0.228. The zero-order chi connectivity index (χ0) is 14.1. The molecule has 0 bridgehead atoms. The second kappa shape index (κ2) is 4.90. The molecule has 0 atom stereocenters. The standard InChI is InChI=1S/C14H10N2O3S/c1-8-2-7-11(20-8)13-15-12(16-19-13)9-3-5-10(6-4-9)14(17)18/h2-7H,1H3,(H,17,18). The summed E-state index contributed by atoms with van der Waals surface area (Å²) in [5.74, 6) is -0.0391. The van der Waals surface area contributed by atoms with Crippen molar-refractivity contribution in [2.45, 2.75) is 6.92 Å². The highest BCUT2D eigenvalue weighted by molar-refractivity contribution is 7.15.